The predicted molar refractivity (Wildman–Crippen MR) is 103 cm³/mol. The van der Waals surface area contributed by atoms with E-state index in [1.165, 1.54) is 0 Å². The summed E-state index contributed by atoms with van der Waals surface area (Å²) < 4.78 is 11.2. The van der Waals surface area contributed by atoms with Crippen molar-refractivity contribution in [3.8, 4) is 0 Å². The predicted octanol–water partition coefficient (Wildman–Crippen LogP) is 3.79. The van der Waals surface area contributed by atoms with Gasteiger partial charge in [-0.1, -0.05) is 78.9 Å². The Kier molecular flexibility index (Phi) is 6.01. The maximum atomic E-state index is 12.3. The van der Waals surface area contributed by atoms with Gasteiger partial charge in [-0.3, -0.25) is 0 Å². The van der Waals surface area contributed by atoms with E-state index in [4.69, 9.17) is 9.47 Å². The number of aliphatic hydroxyl groups is 1. The Morgan fingerprint density at radius 1 is 0.852 bits per heavy atom. The van der Waals surface area contributed by atoms with Crippen LogP contribution in [0, 0.1) is 0 Å². The Hall–Kier alpha value is -2.95. The van der Waals surface area contributed by atoms with Gasteiger partial charge in [0.1, 0.15) is 18.3 Å². The number of aliphatic hydroxyl groups excluding tert-OH is 1. The molecule has 1 unspecified atom stereocenters. The lowest BCUT2D eigenvalue weighted by Gasteiger charge is -2.37. The van der Waals surface area contributed by atoms with Crippen molar-refractivity contribution in [3.63, 3.8) is 0 Å². The van der Waals surface area contributed by atoms with Crippen LogP contribution >= 0.6 is 0 Å². The van der Waals surface area contributed by atoms with Crippen molar-refractivity contribution in [3.05, 3.63) is 108 Å². The van der Waals surface area contributed by atoms with Crippen molar-refractivity contribution in [2.75, 3.05) is 13.7 Å². The molecule has 4 heteroatoms. The molecule has 0 saturated carbocycles. The Morgan fingerprint density at radius 2 is 1.30 bits per heavy atom. The summed E-state index contributed by atoms with van der Waals surface area (Å²) in [5.41, 5.74) is 0.843. The minimum atomic E-state index is -1.15. The quantitative estimate of drug-likeness (QED) is 0.650. The fourth-order valence-corrected chi connectivity index (χ4v) is 3.22. The lowest BCUT2D eigenvalue weighted by molar-refractivity contribution is -0.100. The van der Waals surface area contributed by atoms with Crippen LogP contribution in [0.25, 0.3) is 0 Å². The zero-order valence-corrected chi connectivity index (χ0v) is 15.1. The number of esters is 1. The van der Waals surface area contributed by atoms with Gasteiger partial charge in [0, 0.05) is 7.11 Å². The summed E-state index contributed by atoms with van der Waals surface area (Å²) in [7, 11) is 1.54. The number of hydrogen-bond donors (Lipinski definition) is 1. The first-order valence-electron chi connectivity index (χ1n) is 8.75. The standard InChI is InChI=1S/C23H22O4/c1-26-23(19-13-7-3-8-14-19,20-15-9-4-10-16-20)21(24)17-27-22(25)18-11-5-2-6-12-18/h2-16,21,24H,17H2,1H3. The lowest BCUT2D eigenvalue weighted by atomic mass is 9.81. The fourth-order valence-electron chi connectivity index (χ4n) is 3.22. The molecule has 0 aliphatic rings. The van der Waals surface area contributed by atoms with Crippen molar-refractivity contribution < 1.29 is 19.4 Å². The van der Waals surface area contributed by atoms with E-state index < -0.39 is 17.7 Å². The van der Waals surface area contributed by atoms with Gasteiger partial charge in [0.25, 0.3) is 0 Å². The first kappa shape index (κ1) is 18.8. The minimum Gasteiger partial charge on any atom is -0.459 e. The van der Waals surface area contributed by atoms with E-state index in [2.05, 4.69) is 0 Å². The highest BCUT2D eigenvalue weighted by Crippen LogP contribution is 2.36. The van der Waals surface area contributed by atoms with Crippen LogP contribution in [0.5, 0.6) is 0 Å². The maximum Gasteiger partial charge on any atom is 0.338 e. The van der Waals surface area contributed by atoms with Crippen LogP contribution in [-0.4, -0.2) is 30.9 Å². The second-order valence-corrected chi connectivity index (χ2v) is 6.15. The summed E-state index contributed by atoms with van der Waals surface area (Å²) in [5, 5.41) is 11.1. The van der Waals surface area contributed by atoms with Crippen LogP contribution in [-0.2, 0) is 15.1 Å². The van der Waals surface area contributed by atoms with Crippen molar-refractivity contribution in [2.24, 2.45) is 0 Å². The van der Waals surface area contributed by atoms with Crippen LogP contribution in [0.2, 0.25) is 0 Å². The molecular formula is C23H22O4. The van der Waals surface area contributed by atoms with Gasteiger partial charge in [0.15, 0.2) is 0 Å². The molecule has 0 saturated heterocycles. The molecule has 138 valence electrons. The van der Waals surface area contributed by atoms with Crippen molar-refractivity contribution in [1.29, 1.82) is 0 Å². The Bertz CT molecular complexity index is 808. The maximum absolute atomic E-state index is 12.3. The molecule has 0 spiro atoms. The number of methoxy groups -OCH3 is 1. The summed E-state index contributed by atoms with van der Waals surface area (Å²) in [5.74, 6) is -0.485. The van der Waals surface area contributed by atoms with Crippen LogP contribution in [0.1, 0.15) is 21.5 Å². The van der Waals surface area contributed by atoms with Gasteiger partial charge in [0.2, 0.25) is 0 Å². The molecule has 0 radical (unpaired) electrons. The van der Waals surface area contributed by atoms with Crippen LogP contribution in [0.3, 0.4) is 0 Å². The highest BCUT2D eigenvalue weighted by molar-refractivity contribution is 5.89. The monoisotopic (exact) mass is 362 g/mol. The van der Waals surface area contributed by atoms with E-state index in [0.29, 0.717) is 5.56 Å². The number of ether oxygens (including phenoxy) is 2. The SMILES string of the molecule is COC(c1ccccc1)(c1ccccc1)C(O)COC(=O)c1ccccc1. The molecule has 0 amide bonds. The molecule has 1 N–H and O–H groups in total. The van der Waals surface area contributed by atoms with Gasteiger partial charge in [-0.05, 0) is 23.3 Å². The molecule has 3 rings (SSSR count). The van der Waals surface area contributed by atoms with Gasteiger partial charge >= 0.3 is 5.97 Å². The molecule has 0 aliphatic carbocycles. The Labute approximate surface area is 159 Å². The van der Waals surface area contributed by atoms with Crippen LogP contribution < -0.4 is 0 Å². The molecule has 0 aromatic heterocycles. The average Bonchev–Trinajstić information content (AvgIpc) is 2.75. The minimum absolute atomic E-state index is 0.203. The lowest BCUT2D eigenvalue weighted by Crippen LogP contribution is -2.45. The Balaban J connectivity index is 1.90. The highest BCUT2D eigenvalue weighted by Gasteiger charge is 2.42. The summed E-state index contributed by atoms with van der Waals surface area (Å²) in [6.07, 6.45) is -1.10. The van der Waals surface area contributed by atoms with Crippen molar-refractivity contribution >= 4 is 5.97 Å². The van der Waals surface area contributed by atoms with Crippen LogP contribution in [0.15, 0.2) is 91.0 Å². The summed E-state index contributed by atoms with van der Waals surface area (Å²) >= 11 is 0. The number of hydrogen-bond acceptors (Lipinski definition) is 4. The summed E-state index contributed by atoms with van der Waals surface area (Å²) in [4.78, 5) is 12.3. The zero-order chi connectivity index (χ0) is 19.1. The third-order valence-electron chi connectivity index (χ3n) is 4.58. The summed E-state index contributed by atoms with van der Waals surface area (Å²) in [6.45, 7) is -0.203. The van der Waals surface area contributed by atoms with Gasteiger partial charge in [-0.25, -0.2) is 4.79 Å². The number of rotatable bonds is 7. The normalized spacial score (nSPS) is 12.4. The molecule has 0 bridgehead atoms. The largest absolute Gasteiger partial charge is 0.459 e. The Morgan fingerprint density at radius 3 is 1.74 bits per heavy atom. The highest BCUT2D eigenvalue weighted by atomic mass is 16.6. The van der Waals surface area contributed by atoms with E-state index in [1.54, 1.807) is 31.4 Å². The van der Waals surface area contributed by atoms with E-state index >= 15 is 0 Å². The van der Waals surface area contributed by atoms with E-state index in [-0.39, 0.29) is 6.61 Å². The van der Waals surface area contributed by atoms with E-state index in [1.807, 2.05) is 66.7 Å². The first-order chi connectivity index (χ1) is 13.2. The van der Waals surface area contributed by atoms with E-state index in [0.717, 1.165) is 11.1 Å². The van der Waals surface area contributed by atoms with Crippen molar-refractivity contribution in [2.45, 2.75) is 11.7 Å². The molecular weight excluding hydrogens is 340 g/mol. The number of benzene rings is 3. The molecule has 4 nitrogen and oxygen atoms in total. The average molecular weight is 362 g/mol. The molecule has 0 fully saturated rings. The fraction of sp³-hybridized carbons (Fsp3) is 0.174. The molecule has 0 heterocycles. The molecule has 3 aromatic rings. The van der Waals surface area contributed by atoms with Gasteiger partial charge in [-0.15, -0.1) is 0 Å². The summed E-state index contributed by atoms with van der Waals surface area (Å²) in [6, 6.07) is 27.6. The third kappa shape index (κ3) is 3.92. The first-order valence-corrected chi connectivity index (χ1v) is 8.75. The van der Waals surface area contributed by atoms with E-state index in [9.17, 15) is 9.90 Å². The number of carbonyl (C=O) groups excluding carboxylic acids is 1. The van der Waals surface area contributed by atoms with Gasteiger partial charge in [-0.2, -0.15) is 0 Å². The molecule has 1 atom stereocenters. The van der Waals surface area contributed by atoms with Gasteiger partial charge < -0.3 is 14.6 Å². The van der Waals surface area contributed by atoms with Crippen LogP contribution in [0.4, 0.5) is 0 Å². The smallest absolute Gasteiger partial charge is 0.338 e. The molecule has 0 aliphatic heterocycles. The van der Waals surface area contributed by atoms with Gasteiger partial charge in [0.05, 0.1) is 5.56 Å². The second-order valence-electron chi connectivity index (χ2n) is 6.15. The second kappa shape index (κ2) is 8.62. The zero-order valence-electron chi connectivity index (χ0n) is 15.1. The molecule has 27 heavy (non-hydrogen) atoms. The number of carbonyl (C=O) groups is 1. The topological polar surface area (TPSA) is 55.8 Å². The van der Waals surface area contributed by atoms with Crippen molar-refractivity contribution in [1.82, 2.24) is 0 Å². The third-order valence-corrected chi connectivity index (χ3v) is 4.58. The molecule has 3 aromatic carbocycles.